The van der Waals surface area contributed by atoms with Crippen LogP contribution in [-0.4, -0.2) is 13.2 Å². The molecular formula is C16H19F2NO2. The minimum Gasteiger partial charge on any atom is -0.469 e. The van der Waals surface area contributed by atoms with Crippen LogP contribution in [0.4, 0.5) is 8.78 Å². The molecule has 0 saturated carbocycles. The zero-order valence-electron chi connectivity index (χ0n) is 11.9. The summed E-state index contributed by atoms with van der Waals surface area (Å²) >= 11 is 0. The Morgan fingerprint density at radius 1 is 1.24 bits per heavy atom. The molecule has 1 N–H and O–H groups in total. The maximum absolute atomic E-state index is 12.3. The van der Waals surface area contributed by atoms with Gasteiger partial charge < -0.3 is 14.5 Å². The van der Waals surface area contributed by atoms with Crippen molar-refractivity contribution in [3.63, 3.8) is 0 Å². The van der Waals surface area contributed by atoms with E-state index in [0.717, 1.165) is 24.3 Å². The third-order valence-corrected chi connectivity index (χ3v) is 3.11. The monoisotopic (exact) mass is 295 g/mol. The van der Waals surface area contributed by atoms with E-state index in [0.29, 0.717) is 6.42 Å². The molecule has 0 spiro atoms. The zero-order chi connectivity index (χ0) is 15.1. The number of hydrogen-bond acceptors (Lipinski definition) is 3. The molecule has 0 amide bonds. The average molecular weight is 295 g/mol. The van der Waals surface area contributed by atoms with Gasteiger partial charge in [-0.1, -0.05) is 19.1 Å². The van der Waals surface area contributed by atoms with Crippen LogP contribution >= 0.6 is 0 Å². The second kappa shape index (κ2) is 7.78. The van der Waals surface area contributed by atoms with Crippen LogP contribution in [0.15, 0.2) is 47.1 Å². The average Bonchev–Trinajstić information content (AvgIpc) is 2.96. The molecule has 0 aliphatic heterocycles. The van der Waals surface area contributed by atoms with Crippen LogP contribution in [0.5, 0.6) is 5.75 Å². The molecule has 3 nitrogen and oxygen atoms in total. The Kier molecular flexibility index (Phi) is 5.75. The normalized spacial score (nSPS) is 12.6. The first-order chi connectivity index (χ1) is 10.2. The van der Waals surface area contributed by atoms with Gasteiger partial charge in [-0.15, -0.1) is 0 Å². The molecule has 0 radical (unpaired) electrons. The topological polar surface area (TPSA) is 34.4 Å². The molecule has 1 unspecified atom stereocenters. The Morgan fingerprint density at radius 2 is 2.10 bits per heavy atom. The fourth-order valence-electron chi connectivity index (χ4n) is 2.16. The number of alkyl halides is 2. The third-order valence-electron chi connectivity index (χ3n) is 3.11. The van der Waals surface area contributed by atoms with Gasteiger partial charge in [0.05, 0.1) is 6.26 Å². The number of halogens is 2. The summed E-state index contributed by atoms with van der Waals surface area (Å²) in [6, 6.07) is 10.5. The molecule has 114 valence electrons. The van der Waals surface area contributed by atoms with Crippen molar-refractivity contribution < 1.29 is 17.9 Å². The molecule has 1 heterocycles. The maximum atomic E-state index is 12.3. The molecule has 0 saturated heterocycles. The predicted octanol–water partition coefficient (Wildman–Crippen LogP) is 4.16. The van der Waals surface area contributed by atoms with Gasteiger partial charge in [0.15, 0.2) is 0 Å². The molecule has 1 aromatic heterocycles. The first-order valence-corrected chi connectivity index (χ1v) is 6.99. The SMILES string of the molecule is CCCNC(Cc1ccco1)c1cccc(OC(F)F)c1. The Hall–Kier alpha value is -1.88. The Bertz CT molecular complexity index is 529. The van der Waals surface area contributed by atoms with Crippen molar-refractivity contribution in [3.05, 3.63) is 54.0 Å². The van der Waals surface area contributed by atoms with E-state index in [1.165, 1.54) is 6.07 Å². The molecule has 0 bridgehead atoms. The summed E-state index contributed by atoms with van der Waals surface area (Å²) in [5.41, 5.74) is 0.901. The second-order valence-corrected chi connectivity index (χ2v) is 4.74. The molecule has 2 rings (SSSR count). The highest BCUT2D eigenvalue weighted by molar-refractivity contribution is 5.31. The van der Waals surface area contributed by atoms with Gasteiger partial charge in [0.2, 0.25) is 0 Å². The van der Waals surface area contributed by atoms with Crippen LogP contribution in [0, 0.1) is 0 Å². The van der Waals surface area contributed by atoms with E-state index in [2.05, 4.69) is 17.0 Å². The number of hydrogen-bond donors (Lipinski definition) is 1. The fourth-order valence-corrected chi connectivity index (χ4v) is 2.16. The molecule has 1 atom stereocenters. The van der Waals surface area contributed by atoms with E-state index >= 15 is 0 Å². The molecular weight excluding hydrogens is 276 g/mol. The van der Waals surface area contributed by atoms with Gasteiger partial charge in [-0.05, 0) is 42.8 Å². The van der Waals surface area contributed by atoms with Gasteiger partial charge in [-0.3, -0.25) is 0 Å². The molecule has 0 aliphatic rings. The molecule has 5 heteroatoms. The summed E-state index contributed by atoms with van der Waals surface area (Å²) in [6.07, 6.45) is 3.27. The number of ether oxygens (including phenoxy) is 1. The summed E-state index contributed by atoms with van der Waals surface area (Å²) in [6.45, 7) is 0.103. The van der Waals surface area contributed by atoms with Crippen molar-refractivity contribution in [2.45, 2.75) is 32.4 Å². The molecule has 0 fully saturated rings. The Morgan fingerprint density at radius 3 is 2.76 bits per heavy atom. The van der Waals surface area contributed by atoms with E-state index in [9.17, 15) is 8.78 Å². The zero-order valence-corrected chi connectivity index (χ0v) is 11.9. The highest BCUT2D eigenvalue weighted by Gasteiger charge is 2.14. The number of furan rings is 1. The summed E-state index contributed by atoms with van der Waals surface area (Å²) < 4.78 is 34.4. The van der Waals surface area contributed by atoms with E-state index in [1.54, 1.807) is 18.4 Å². The first-order valence-electron chi connectivity index (χ1n) is 6.99. The molecule has 0 aliphatic carbocycles. The maximum Gasteiger partial charge on any atom is 0.387 e. The second-order valence-electron chi connectivity index (χ2n) is 4.74. The first kappa shape index (κ1) is 15.5. The van der Waals surface area contributed by atoms with Gasteiger partial charge >= 0.3 is 6.61 Å². The highest BCUT2D eigenvalue weighted by Crippen LogP contribution is 2.24. The van der Waals surface area contributed by atoms with Crippen molar-refractivity contribution in [1.29, 1.82) is 0 Å². The van der Waals surface area contributed by atoms with Gasteiger partial charge in [-0.25, -0.2) is 0 Å². The summed E-state index contributed by atoms with van der Waals surface area (Å²) in [4.78, 5) is 0. The minimum absolute atomic E-state index is 0.00248. The van der Waals surface area contributed by atoms with E-state index in [-0.39, 0.29) is 11.8 Å². The number of nitrogens with one attached hydrogen (secondary N) is 1. The standard InChI is InChI=1S/C16H19F2NO2/c1-2-8-19-15(11-13-7-4-9-20-13)12-5-3-6-14(10-12)21-16(17)18/h3-7,9-10,15-16,19H,2,8,11H2,1H3. The van der Waals surface area contributed by atoms with E-state index in [4.69, 9.17) is 4.42 Å². The lowest BCUT2D eigenvalue weighted by Crippen LogP contribution is -2.24. The van der Waals surface area contributed by atoms with Gasteiger partial charge in [0.1, 0.15) is 11.5 Å². The number of benzene rings is 1. The Labute approximate surface area is 122 Å². The minimum atomic E-state index is -2.81. The highest BCUT2D eigenvalue weighted by atomic mass is 19.3. The molecule has 2 aromatic rings. The van der Waals surface area contributed by atoms with E-state index < -0.39 is 6.61 Å². The third kappa shape index (κ3) is 4.86. The van der Waals surface area contributed by atoms with Gasteiger partial charge in [0, 0.05) is 12.5 Å². The molecule has 21 heavy (non-hydrogen) atoms. The smallest absolute Gasteiger partial charge is 0.387 e. The van der Waals surface area contributed by atoms with Crippen LogP contribution in [-0.2, 0) is 6.42 Å². The lowest BCUT2D eigenvalue weighted by atomic mass is 10.0. The summed E-state index contributed by atoms with van der Waals surface area (Å²) in [7, 11) is 0. The van der Waals surface area contributed by atoms with Crippen molar-refractivity contribution in [1.82, 2.24) is 5.32 Å². The lowest BCUT2D eigenvalue weighted by Gasteiger charge is -2.19. The molecule has 1 aromatic carbocycles. The van der Waals surface area contributed by atoms with Crippen LogP contribution in [0.3, 0.4) is 0 Å². The van der Waals surface area contributed by atoms with Crippen molar-refractivity contribution in [2.75, 3.05) is 6.54 Å². The fraction of sp³-hybridized carbons (Fsp3) is 0.375. The quantitative estimate of drug-likeness (QED) is 0.794. The van der Waals surface area contributed by atoms with Crippen LogP contribution < -0.4 is 10.1 Å². The van der Waals surface area contributed by atoms with Crippen LogP contribution in [0.1, 0.15) is 30.7 Å². The van der Waals surface area contributed by atoms with Crippen LogP contribution in [0.2, 0.25) is 0 Å². The number of rotatable bonds is 8. The lowest BCUT2D eigenvalue weighted by molar-refractivity contribution is -0.0499. The predicted molar refractivity (Wildman–Crippen MR) is 76.5 cm³/mol. The van der Waals surface area contributed by atoms with Gasteiger partial charge in [0.25, 0.3) is 0 Å². The Balaban J connectivity index is 2.14. The van der Waals surface area contributed by atoms with Gasteiger partial charge in [-0.2, -0.15) is 8.78 Å². The largest absolute Gasteiger partial charge is 0.469 e. The van der Waals surface area contributed by atoms with Crippen molar-refractivity contribution >= 4 is 0 Å². The van der Waals surface area contributed by atoms with Crippen molar-refractivity contribution in [3.8, 4) is 5.75 Å². The summed E-state index contributed by atoms with van der Waals surface area (Å²) in [5.74, 6) is 1.02. The van der Waals surface area contributed by atoms with E-state index in [1.807, 2.05) is 18.2 Å². The van der Waals surface area contributed by atoms with Crippen molar-refractivity contribution in [2.24, 2.45) is 0 Å². The van der Waals surface area contributed by atoms with Crippen LogP contribution in [0.25, 0.3) is 0 Å². The summed E-state index contributed by atoms with van der Waals surface area (Å²) in [5, 5.41) is 3.40.